The first-order valence-corrected chi connectivity index (χ1v) is 8.70. The van der Waals surface area contributed by atoms with Gasteiger partial charge in [-0.2, -0.15) is 0 Å². The lowest BCUT2D eigenvalue weighted by Gasteiger charge is -2.18. The molecule has 0 bridgehead atoms. The minimum absolute atomic E-state index is 0.136. The molecule has 0 saturated carbocycles. The van der Waals surface area contributed by atoms with Gasteiger partial charge in [0.25, 0.3) is 5.56 Å². The molecule has 148 valence electrons. The van der Waals surface area contributed by atoms with Crippen LogP contribution in [-0.4, -0.2) is 54.5 Å². The molecule has 3 aromatic rings. The molecule has 1 aliphatic rings. The first-order valence-electron chi connectivity index (χ1n) is 8.70. The van der Waals surface area contributed by atoms with Crippen LogP contribution in [-0.2, 0) is 11.3 Å². The van der Waals surface area contributed by atoms with Gasteiger partial charge < -0.3 is 24.6 Å². The standard InChI is InChI=1S/C18H19N3O7/c1-9-2-3-10-11(19-28-12(10)6-9)7-21-14(23)4-5-20(18(21)26)17-16(25)15(24)13(8-22)27-17/h2-6,13,15-17,22,24-25H,7-8H2,1H3/t13-,15?,16+,17-/m1/s1. The first-order chi connectivity index (χ1) is 13.4. The first kappa shape index (κ1) is 18.6. The minimum Gasteiger partial charge on any atom is -0.394 e. The summed E-state index contributed by atoms with van der Waals surface area (Å²) in [6.07, 6.45) is -3.87. The Morgan fingerprint density at radius 3 is 2.68 bits per heavy atom. The Balaban J connectivity index is 1.73. The van der Waals surface area contributed by atoms with Crippen molar-refractivity contribution in [3.8, 4) is 0 Å². The Labute approximate surface area is 157 Å². The number of hydrogen-bond acceptors (Lipinski definition) is 8. The van der Waals surface area contributed by atoms with Crippen LogP contribution < -0.4 is 11.2 Å². The van der Waals surface area contributed by atoms with Crippen molar-refractivity contribution in [1.29, 1.82) is 0 Å². The van der Waals surface area contributed by atoms with Gasteiger partial charge in [0.1, 0.15) is 24.0 Å². The molecule has 3 N–H and O–H groups in total. The number of aromatic nitrogens is 3. The van der Waals surface area contributed by atoms with E-state index in [-0.39, 0.29) is 6.54 Å². The summed E-state index contributed by atoms with van der Waals surface area (Å²) in [6, 6.07) is 6.63. The average Bonchev–Trinajstić information content (AvgIpc) is 3.20. The Bertz CT molecular complexity index is 1130. The van der Waals surface area contributed by atoms with Crippen LogP contribution in [0.15, 0.2) is 44.6 Å². The summed E-state index contributed by atoms with van der Waals surface area (Å²) in [5, 5.41) is 33.9. The lowest BCUT2D eigenvalue weighted by molar-refractivity contribution is -0.0555. The second-order valence-corrected chi connectivity index (χ2v) is 6.79. The van der Waals surface area contributed by atoms with Crippen LogP contribution in [0.4, 0.5) is 0 Å². The summed E-state index contributed by atoms with van der Waals surface area (Å²) in [5.41, 5.74) is 0.636. The quantitative estimate of drug-likeness (QED) is 0.523. The van der Waals surface area contributed by atoms with Crippen molar-refractivity contribution in [2.45, 2.75) is 38.0 Å². The van der Waals surface area contributed by atoms with Crippen LogP contribution in [0.25, 0.3) is 11.0 Å². The molecule has 4 rings (SSSR count). The highest BCUT2D eigenvalue weighted by Crippen LogP contribution is 2.28. The third-order valence-electron chi connectivity index (χ3n) is 4.90. The second-order valence-electron chi connectivity index (χ2n) is 6.79. The number of nitrogens with zero attached hydrogens (tertiary/aromatic N) is 3. The summed E-state index contributed by atoms with van der Waals surface area (Å²) in [7, 11) is 0. The zero-order chi connectivity index (χ0) is 20.0. The van der Waals surface area contributed by atoms with Crippen molar-refractivity contribution in [2.24, 2.45) is 0 Å². The van der Waals surface area contributed by atoms with Gasteiger partial charge in [-0.15, -0.1) is 0 Å². The smallest absolute Gasteiger partial charge is 0.333 e. The van der Waals surface area contributed by atoms with Crippen molar-refractivity contribution in [1.82, 2.24) is 14.3 Å². The summed E-state index contributed by atoms with van der Waals surface area (Å²) in [6.45, 7) is 1.25. The highest BCUT2D eigenvalue weighted by atomic mass is 16.6. The normalized spacial score (nSPS) is 24.9. The lowest BCUT2D eigenvalue weighted by Crippen LogP contribution is -2.43. The fraction of sp³-hybridized carbons (Fsp3) is 0.389. The number of rotatable bonds is 4. The zero-order valence-corrected chi connectivity index (χ0v) is 14.9. The summed E-state index contributed by atoms with van der Waals surface area (Å²) in [5.74, 6) is 0. The van der Waals surface area contributed by atoms with E-state index < -0.39 is 42.4 Å². The number of fused-ring (bicyclic) bond motifs is 1. The summed E-state index contributed by atoms with van der Waals surface area (Å²) in [4.78, 5) is 25.2. The maximum Gasteiger partial charge on any atom is 0.333 e. The van der Waals surface area contributed by atoms with E-state index in [0.717, 1.165) is 20.8 Å². The van der Waals surface area contributed by atoms with Crippen molar-refractivity contribution in [2.75, 3.05) is 6.61 Å². The van der Waals surface area contributed by atoms with Crippen LogP contribution in [0.5, 0.6) is 0 Å². The molecule has 10 nitrogen and oxygen atoms in total. The predicted octanol–water partition coefficient (Wildman–Crippen LogP) is -0.881. The van der Waals surface area contributed by atoms with Crippen molar-refractivity contribution < 1.29 is 24.6 Å². The summed E-state index contributed by atoms with van der Waals surface area (Å²) >= 11 is 0. The fourth-order valence-electron chi connectivity index (χ4n) is 3.34. The largest absolute Gasteiger partial charge is 0.394 e. The Morgan fingerprint density at radius 1 is 1.18 bits per heavy atom. The van der Waals surface area contributed by atoms with Gasteiger partial charge in [0.2, 0.25) is 0 Å². The second kappa shape index (κ2) is 6.99. The molecule has 2 aromatic heterocycles. The SMILES string of the molecule is Cc1ccc2c(Cn3c(=O)ccn([C@@H]4O[C@H](CO)C(O)[C@@H]4O)c3=O)noc2c1. The minimum atomic E-state index is -1.43. The highest BCUT2D eigenvalue weighted by molar-refractivity contribution is 5.79. The van der Waals surface area contributed by atoms with E-state index in [4.69, 9.17) is 9.26 Å². The fourth-order valence-corrected chi connectivity index (χ4v) is 3.34. The molecule has 1 fully saturated rings. The molecule has 1 aromatic carbocycles. The van der Waals surface area contributed by atoms with E-state index in [2.05, 4.69) is 5.16 Å². The highest BCUT2D eigenvalue weighted by Gasteiger charge is 2.43. The van der Waals surface area contributed by atoms with Crippen molar-refractivity contribution in [3.63, 3.8) is 0 Å². The molecule has 0 radical (unpaired) electrons. The third-order valence-corrected chi connectivity index (χ3v) is 4.90. The predicted molar refractivity (Wildman–Crippen MR) is 95.8 cm³/mol. The number of aliphatic hydroxyl groups excluding tert-OH is 3. The van der Waals surface area contributed by atoms with E-state index in [0.29, 0.717) is 16.7 Å². The maximum absolute atomic E-state index is 12.9. The van der Waals surface area contributed by atoms with Crippen molar-refractivity contribution >= 4 is 11.0 Å². The van der Waals surface area contributed by atoms with Gasteiger partial charge in [0, 0.05) is 17.6 Å². The molecule has 4 atom stereocenters. The lowest BCUT2D eigenvalue weighted by atomic mass is 10.1. The van der Waals surface area contributed by atoms with Crippen LogP contribution >= 0.6 is 0 Å². The van der Waals surface area contributed by atoms with E-state index >= 15 is 0 Å². The molecule has 1 aliphatic heterocycles. The van der Waals surface area contributed by atoms with Crippen LogP contribution in [0.3, 0.4) is 0 Å². The molecule has 0 spiro atoms. The van der Waals surface area contributed by atoms with Crippen LogP contribution in [0.1, 0.15) is 17.5 Å². The molecule has 0 aliphatic carbocycles. The molecular weight excluding hydrogens is 370 g/mol. The Hall–Kier alpha value is -2.79. The molecule has 28 heavy (non-hydrogen) atoms. The van der Waals surface area contributed by atoms with Crippen LogP contribution in [0.2, 0.25) is 0 Å². The number of hydrogen-bond donors (Lipinski definition) is 3. The molecule has 3 heterocycles. The molecule has 1 saturated heterocycles. The number of aliphatic hydroxyl groups is 3. The maximum atomic E-state index is 12.9. The Kier molecular flexibility index (Phi) is 4.63. The van der Waals surface area contributed by atoms with Gasteiger partial charge in [-0.3, -0.25) is 13.9 Å². The monoisotopic (exact) mass is 389 g/mol. The molecule has 0 amide bonds. The van der Waals surface area contributed by atoms with Gasteiger partial charge in [-0.1, -0.05) is 11.2 Å². The number of aryl methyl sites for hydroxylation is 1. The Morgan fingerprint density at radius 2 is 1.96 bits per heavy atom. The van der Waals surface area contributed by atoms with E-state index in [1.807, 2.05) is 13.0 Å². The van der Waals surface area contributed by atoms with E-state index in [1.54, 1.807) is 12.1 Å². The van der Waals surface area contributed by atoms with Gasteiger partial charge in [-0.25, -0.2) is 4.79 Å². The molecule has 1 unspecified atom stereocenters. The zero-order valence-electron chi connectivity index (χ0n) is 14.9. The van der Waals surface area contributed by atoms with E-state index in [9.17, 15) is 24.9 Å². The number of benzene rings is 1. The van der Waals surface area contributed by atoms with Gasteiger partial charge >= 0.3 is 5.69 Å². The van der Waals surface area contributed by atoms with Crippen LogP contribution in [0, 0.1) is 6.92 Å². The topological polar surface area (TPSA) is 140 Å². The van der Waals surface area contributed by atoms with Gasteiger partial charge in [0.05, 0.1) is 13.2 Å². The third kappa shape index (κ3) is 2.96. The van der Waals surface area contributed by atoms with Crippen molar-refractivity contribution in [3.05, 3.63) is 62.6 Å². The molecular formula is C18H19N3O7. The molecule has 10 heteroatoms. The van der Waals surface area contributed by atoms with Gasteiger partial charge in [-0.05, 0) is 24.6 Å². The summed E-state index contributed by atoms with van der Waals surface area (Å²) < 4.78 is 12.6. The van der Waals surface area contributed by atoms with E-state index in [1.165, 1.54) is 6.20 Å². The number of ether oxygens (including phenoxy) is 1. The van der Waals surface area contributed by atoms with Gasteiger partial charge in [0.15, 0.2) is 11.8 Å². The average molecular weight is 389 g/mol.